The van der Waals surface area contributed by atoms with Crippen molar-refractivity contribution in [2.75, 3.05) is 20.2 Å². The molecule has 1 aliphatic rings. The maximum Gasteiger partial charge on any atom is 0.416 e. The van der Waals surface area contributed by atoms with Gasteiger partial charge >= 0.3 is 18.2 Å². The van der Waals surface area contributed by atoms with Crippen LogP contribution < -0.4 is 4.74 Å². The number of ether oxygens (including phenoxy) is 1. The zero-order chi connectivity index (χ0) is 25.9. The van der Waals surface area contributed by atoms with Crippen LogP contribution in [0.3, 0.4) is 0 Å². The van der Waals surface area contributed by atoms with Crippen LogP contribution in [0.2, 0.25) is 0 Å². The minimum Gasteiger partial charge on any atom is -0.496 e. The van der Waals surface area contributed by atoms with Gasteiger partial charge in [-0.1, -0.05) is 42.5 Å². The maximum absolute atomic E-state index is 13.6. The average molecular weight is 499 g/mol. The third kappa shape index (κ3) is 5.62. The van der Waals surface area contributed by atoms with E-state index in [1.807, 2.05) is 30.3 Å². The molecular weight excluding hydrogens is 473 g/mol. The highest BCUT2D eigenvalue weighted by Gasteiger charge is 2.33. The molecule has 36 heavy (non-hydrogen) atoms. The molecule has 6 nitrogen and oxygen atoms in total. The molecule has 0 atom stereocenters. The fourth-order valence-electron chi connectivity index (χ4n) is 4.35. The molecule has 0 spiro atoms. The summed E-state index contributed by atoms with van der Waals surface area (Å²) >= 11 is 0. The Labute approximate surface area is 206 Å². The van der Waals surface area contributed by atoms with Gasteiger partial charge in [0, 0.05) is 31.7 Å². The Hall–Kier alpha value is -4.01. The molecule has 188 valence electrons. The number of benzene rings is 3. The van der Waals surface area contributed by atoms with E-state index < -0.39 is 17.7 Å². The molecule has 1 aliphatic heterocycles. The van der Waals surface area contributed by atoms with E-state index in [0.717, 1.165) is 17.7 Å². The average Bonchev–Trinajstić information content (AvgIpc) is 3.17. The predicted octanol–water partition coefficient (Wildman–Crippen LogP) is 5.45. The van der Waals surface area contributed by atoms with Crippen molar-refractivity contribution in [2.45, 2.75) is 25.7 Å². The van der Waals surface area contributed by atoms with Gasteiger partial charge in [0.1, 0.15) is 5.75 Å². The van der Waals surface area contributed by atoms with Crippen molar-refractivity contribution in [3.8, 4) is 16.9 Å². The Bertz CT molecular complexity index is 1260. The molecular formula is C27H25F3N2O4. The van der Waals surface area contributed by atoms with Gasteiger partial charge in [0.15, 0.2) is 0 Å². The minimum absolute atomic E-state index is 0.0321. The van der Waals surface area contributed by atoms with Crippen molar-refractivity contribution >= 4 is 12.0 Å². The summed E-state index contributed by atoms with van der Waals surface area (Å²) in [6, 6.07) is 17.4. The first-order chi connectivity index (χ1) is 17.2. The zero-order valence-electron chi connectivity index (χ0n) is 19.6. The van der Waals surface area contributed by atoms with E-state index in [1.54, 1.807) is 23.1 Å². The topological polar surface area (TPSA) is 70.1 Å². The van der Waals surface area contributed by atoms with Gasteiger partial charge in [-0.3, -0.25) is 4.79 Å². The standard InChI is InChI=1S/C27H25F3N2O4/c1-36-24-10-7-19(14-25(33)34)13-23(24)22-9-8-21(27(28,29)30)15-20(22)17-32-12-11-31(26(32)35)16-18-5-3-2-4-6-18/h2-10,13,15H,11-12,14,16-17H2,1H3,(H,33,34). The van der Waals surface area contributed by atoms with Crippen LogP contribution in [0.25, 0.3) is 11.1 Å². The monoisotopic (exact) mass is 498 g/mol. The summed E-state index contributed by atoms with van der Waals surface area (Å²) in [5, 5.41) is 9.18. The number of halogens is 3. The van der Waals surface area contributed by atoms with Gasteiger partial charge in [-0.05, 0) is 46.5 Å². The molecule has 9 heteroatoms. The first-order valence-electron chi connectivity index (χ1n) is 11.3. The van der Waals surface area contributed by atoms with Crippen LogP contribution in [0.4, 0.5) is 18.0 Å². The van der Waals surface area contributed by atoms with Gasteiger partial charge < -0.3 is 19.6 Å². The highest BCUT2D eigenvalue weighted by molar-refractivity contribution is 5.79. The highest BCUT2D eigenvalue weighted by atomic mass is 19.4. The second-order valence-corrected chi connectivity index (χ2v) is 8.59. The lowest BCUT2D eigenvalue weighted by Crippen LogP contribution is -2.31. The fraction of sp³-hybridized carbons (Fsp3) is 0.259. The Balaban J connectivity index is 1.69. The summed E-state index contributed by atoms with van der Waals surface area (Å²) in [5.41, 5.74) is 1.83. The van der Waals surface area contributed by atoms with Crippen molar-refractivity contribution in [3.05, 3.63) is 89.0 Å². The third-order valence-corrected chi connectivity index (χ3v) is 6.10. The predicted molar refractivity (Wildman–Crippen MR) is 127 cm³/mol. The molecule has 3 aromatic rings. The number of hydrogen-bond acceptors (Lipinski definition) is 3. The molecule has 0 aliphatic carbocycles. The molecule has 2 amide bonds. The second-order valence-electron chi connectivity index (χ2n) is 8.59. The van der Waals surface area contributed by atoms with Gasteiger partial charge in [-0.25, -0.2) is 4.79 Å². The molecule has 0 unspecified atom stereocenters. The number of aliphatic carboxylic acids is 1. The van der Waals surface area contributed by atoms with Crippen LogP contribution in [0.5, 0.6) is 5.75 Å². The van der Waals surface area contributed by atoms with Gasteiger partial charge in [0.05, 0.1) is 19.1 Å². The number of nitrogens with zero attached hydrogens (tertiary/aromatic N) is 2. The molecule has 1 fully saturated rings. The number of urea groups is 1. The maximum atomic E-state index is 13.6. The first-order valence-corrected chi connectivity index (χ1v) is 11.3. The normalized spacial score (nSPS) is 13.8. The van der Waals surface area contributed by atoms with Crippen LogP contribution in [0.1, 0.15) is 22.3 Å². The molecule has 0 radical (unpaired) electrons. The van der Waals surface area contributed by atoms with Gasteiger partial charge in [-0.15, -0.1) is 0 Å². The van der Waals surface area contributed by atoms with Crippen LogP contribution >= 0.6 is 0 Å². The summed E-state index contributed by atoms with van der Waals surface area (Å²) in [6.45, 7) is 1.21. The van der Waals surface area contributed by atoms with E-state index in [0.29, 0.717) is 47.6 Å². The summed E-state index contributed by atoms with van der Waals surface area (Å²) in [4.78, 5) is 27.5. The third-order valence-electron chi connectivity index (χ3n) is 6.10. The lowest BCUT2D eigenvalue weighted by Gasteiger charge is -2.22. The molecule has 0 aromatic heterocycles. The highest BCUT2D eigenvalue weighted by Crippen LogP contribution is 2.38. The van der Waals surface area contributed by atoms with E-state index in [2.05, 4.69) is 0 Å². The van der Waals surface area contributed by atoms with E-state index in [9.17, 15) is 27.9 Å². The lowest BCUT2D eigenvalue weighted by atomic mass is 9.94. The number of hydrogen-bond donors (Lipinski definition) is 1. The van der Waals surface area contributed by atoms with Crippen molar-refractivity contribution < 1.29 is 32.6 Å². The van der Waals surface area contributed by atoms with Crippen molar-refractivity contribution in [2.24, 2.45) is 0 Å². The number of carbonyl (C=O) groups excluding carboxylic acids is 1. The van der Waals surface area contributed by atoms with Crippen LogP contribution in [0.15, 0.2) is 66.7 Å². The number of alkyl halides is 3. The van der Waals surface area contributed by atoms with Crippen molar-refractivity contribution in [1.82, 2.24) is 9.80 Å². The lowest BCUT2D eigenvalue weighted by molar-refractivity contribution is -0.138. The van der Waals surface area contributed by atoms with E-state index in [4.69, 9.17) is 4.74 Å². The Morgan fingerprint density at radius 2 is 1.61 bits per heavy atom. The minimum atomic E-state index is -4.56. The number of carboxylic acids is 1. The van der Waals surface area contributed by atoms with Gasteiger partial charge in [-0.2, -0.15) is 13.2 Å². The number of rotatable bonds is 8. The molecule has 1 saturated heterocycles. The number of amides is 2. The number of carbonyl (C=O) groups is 2. The SMILES string of the molecule is COc1ccc(CC(=O)O)cc1-c1ccc(C(F)(F)F)cc1CN1CCN(Cc2ccccc2)C1=O. The first kappa shape index (κ1) is 25.1. The Kier molecular flexibility index (Phi) is 7.19. The largest absolute Gasteiger partial charge is 0.496 e. The number of carboxylic acid groups (broad SMARTS) is 1. The Morgan fingerprint density at radius 3 is 2.25 bits per heavy atom. The quantitative estimate of drug-likeness (QED) is 0.449. The smallest absolute Gasteiger partial charge is 0.416 e. The molecule has 3 aromatic carbocycles. The fourth-order valence-corrected chi connectivity index (χ4v) is 4.35. The van der Waals surface area contributed by atoms with Crippen LogP contribution in [-0.4, -0.2) is 47.1 Å². The van der Waals surface area contributed by atoms with E-state index in [1.165, 1.54) is 18.1 Å². The summed E-state index contributed by atoms with van der Waals surface area (Å²) in [6.07, 6.45) is -4.80. The molecule has 0 saturated carbocycles. The van der Waals surface area contributed by atoms with Crippen molar-refractivity contribution in [1.29, 1.82) is 0 Å². The molecule has 4 rings (SSSR count). The summed E-state index contributed by atoms with van der Waals surface area (Å²) < 4.78 is 46.1. The molecule has 1 N–H and O–H groups in total. The van der Waals surface area contributed by atoms with Crippen molar-refractivity contribution in [3.63, 3.8) is 0 Å². The molecule has 1 heterocycles. The van der Waals surface area contributed by atoms with Gasteiger partial charge in [0.2, 0.25) is 0 Å². The zero-order valence-corrected chi connectivity index (χ0v) is 19.6. The second kappa shape index (κ2) is 10.3. The van der Waals surface area contributed by atoms with E-state index in [-0.39, 0.29) is 19.0 Å². The van der Waals surface area contributed by atoms with Crippen LogP contribution in [0, 0.1) is 0 Å². The summed E-state index contributed by atoms with van der Waals surface area (Å²) in [7, 11) is 1.44. The van der Waals surface area contributed by atoms with Crippen LogP contribution in [-0.2, 0) is 30.5 Å². The molecule has 0 bridgehead atoms. The number of methoxy groups -OCH3 is 1. The summed E-state index contributed by atoms with van der Waals surface area (Å²) in [5.74, 6) is -0.636. The van der Waals surface area contributed by atoms with Gasteiger partial charge in [0.25, 0.3) is 0 Å². The van der Waals surface area contributed by atoms with E-state index >= 15 is 0 Å². The Morgan fingerprint density at radius 1 is 0.917 bits per heavy atom.